The van der Waals surface area contributed by atoms with Crippen LogP contribution < -0.4 is 4.74 Å². The first-order valence-electron chi connectivity index (χ1n) is 12.4. The molecule has 0 aromatic carbocycles. The fourth-order valence-electron chi connectivity index (χ4n) is 5.60. The van der Waals surface area contributed by atoms with Gasteiger partial charge in [0.25, 0.3) is 0 Å². The number of methoxy groups -OCH3 is 1. The van der Waals surface area contributed by atoms with Gasteiger partial charge in [-0.15, -0.1) is 0 Å². The minimum absolute atomic E-state index is 0.608. The SMILES string of the molecule is COc1ncc(-n2nc(-c3cnn(CC4C[C@@H](C)N(C)[C@@H](C)C4)c3)c3c2CCOCC3)cc1C. The molecule has 5 rings (SSSR count). The van der Waals surface area contributed by atoms with Gasteiger partial charge in [-0.05, 0) is 59.1 Å². The van der Waals surface area contributed by atoms with Crippen molar-refractivity contribution in [2.24, 2.45) is 5.92 Å². The normalized spacial score (nSPS) is 23.5. The predicted molar refractivity (Wildman–Crippen MR) is 132 cm³/mol. The van der Waals surface area contributed by atoms with Gasteiger partial charge in [0.05, 0.1) is 49.8 Å². The summed E-state index contributed by atoms with van der Waals surface area (Å²) in [5.74, 6) is 1.29. The summed E-state index contributed by atoms with van der Waals surface area (Å²) in [6, 6.07) is 3.30. The van der Waals surface area contributed by atoms with Gasteiger partial charge in [0, 0.05) is 47.9 Å². The molecule has 1 fully saturated rings. The van der Waals surface area contributed by atoms with E-state index in [2.05, 4.69) is 47.7 Å². The molecular formula is C26H36N6O2. The molecule has 2 aliphatic heterocycles. The molecule has 5 heterocycles. The van der Waals surface area contributed by atoms with E-state index in [4.69, 9.17) is 19.7 Å². The zero-order chi connectivity index (χ0) is 23.8. The van der Waals surface area contributed by atoms with Gasteiger partial charge in [-0.25, -0.2) is 9.67 Å². The maximum Gasteiger partial charge on any atom is 0.216 e. The second-order valence-electron chi connectivity index (χ2n) is 9.97. The molecule has 0 radical (unpaired) electrons. The Kier molecular flexibility index (Phi) is 6.44. The Morgan fingerprint density at radius 3 is 2.62 bits per heavy atom. The van der Waals surface area contributed by atoms with E-state index in [1.807, 2.05) is 24.0 Å². The zero-order valence-corrected chi connectivity index (χ0v) is 21.0. The fourth-order valence-corrected chi connectivity index (χ4v) is 5.60. The van der Waals surface area contributed by atoms with Gasteiger partial charge in [-0.3, -0.25) is 4.68 Å². The van der Waals surface area contributed by atoms with Crippen molar-refractivity contribution in [1.29, 1.82) is 0 Å². The van der Waals surface area contributed by atoms with Crippen molar-refractivity contribution in [2.45, 2.75) is 65.1 Å². The molecule has 3 aromatic heterocycles. The molecule has 8 nitrogen and oxygen atoms in total. The average molecular weight is 465 g/mol. The van der Waals surface area contributed by atoms with Crippen LogP contribution in [0.4, 0.5) is 0 Å². The van der Waals surface area contributed by atoms with Crippen molar-refractivity contribution < 1.29 is 9.47 Å². The molecule has 1 saturated heterocycles. The van der Waals surface area contributed by atoms with E-state index in [0.717, 1.165) is 41.9 Å². The number of rotatable bonds is 5. The number of aromatic nitrogens is 5. The number of nitrogens with zero attached hydrogens (tertiary/aromatic N) is 6. The molecule has 0 spiro atoms. The number of hydrogen-bond donors (Lipinski definition) is 0. The van der Waals surface area contributed by atoms with Crippen molar-refractivity contribution in [2.75, 3.05) is 27.4 Å². The molecule has 3 aromatic rings. The topological polar surface area (TPSA) is 70.2 Å². The lowest BCUT2D eigenvalue weighted by molar-refractivity contribution is 0.0892. The van der Waals surface area contributed by atoms with Crippen LogP contribution in [0.15, 0.2) is 24.7 Å². The third kappa shape index (κ3) is 4.36. The van der Waals surface area contributed by atoms with Crippen molar-refractivity contribution >= 4 is 0 Å². The summed E-state index contributed by atoms with van der Waals surface area (Å²) in [6.07, 6.45) is 10.1. The molecule has 0 saturated carbocycles. The second kappa shape index (κ2) is 9.50. The number of ether oxygens (including phenoxy) is 2. The van der Waals surface area contributed by atoms with Gasteiger partial charge in [-0.2, -0.15) is 10.2 Å². The second-order valence-corrected chi connectivity index (χ2v) is 9.97. The van der Waals surface area contributed by atoms with Gasteiger partial charge < -0.3 is 14.4 Å². The van der Waals surface area contributed by atoms with Crippen LogP contribution >= 0.6 is 0 Å². The molecule has 8 heteroatoms. The summed E-state index contributed by atoms with van der Waals surface area (Å²) in [4.78, 5) is 6.97. The van der Waals surface area contributed by atoms with E-state index in [1.165, 1.54) is 24.1 Å². The van der Waals surface area contributed by atoms with Crippen molar-refractivity contribution in [3.63, 3.8) is 0 Å². The van der Waals surface area contributed by atoms with Gasteiger partial charge >= 0.3 is 0 Å². The predicted octanol–water partition coefficient (Wildman–Crippen LogP) is 3.68. The monoisotopic (exact) mass is 464 g/mol. The minimum atomic E-state index is 0.608. The largest absolute Gasteiger partial charge is 0.481 e. The number of aryl methyl sites for hydroxylation is 1. The van der Waals surface area contributed by atoms with Gasteiger partial charge in [0.15, 0.2) is 0 Å². The summed E-state index contributed by atoms with van der Waals surface area (Å²) >= 11 is 0. The van der Waals surface area contributed by atoms with Crippen LogP contribution in [0.25, 0.3) is 16.9 Å². The van der Waals surface area contributed by atoms with Crippen LogP contribution in [0, 0.1) is 12.8 Å². The average Bonchev–Trinajstić information content (AvgIpc) is 3.34. The quantitative estimate of drug-likeness (QED) is 0.574. The first kappa shape index (κ1) is 23.1. The van der Waals surface area contributed by atoms with E-state index in [0.29, 0.717) is 37.1 Å². The molecule has 34 heavy (non-hydrogen) atoms. The Labute approximate surface area is 201 Å². The number of hydrogen-bond acceptors (Lipinski definition) is 6. The van der Waals surface area contributed by atoms with Crippen LogP contribution in [0.1, 0.15) is 43.5 Å². The summed E-state index contributed by atoms with van der Waals surface area (Å²) < 4.78 is 15.3. The Morgan fingerprint density at radius 2 is 1.88 bits per heavy atom. The highest BCUT2D eigenvalue weighted by molar-refractivity contribution is 5.64. The number of fused-ring (bicyclic) bond motifs is 1. The van der Waals surface area contributed by atoms with Crippen LogP contribution in [0.2, 0.25) is 0 Å². The molecule has 2 aliphatic rings. The molecule has 0 N–H and O–H groups in total. The smallest absolute Gasteiger partial charge is 0.216 e. The first-order chi connectivity index (χ1) is 16.4. The maximum absolute atomic E-state index is 5.81. The molecule has 3 atom stereocenters. The van der Waals surface area contributed by atoms with Crippen molar-refractivity contribution in [3.05, 3.63) is 41.5 Å². The Balaban J connectivity index is 1.45. The number of piperidine rings is 1. The third-order valence-electron chi connectivity index (χ3n) is 7.61. The first-order valence-corrected chi connectivity index (χ1v) is 12.4. The lowest BCUT2D eigenvalue weighted by atomic mass is 9.87. The summed E-state index contributed by atoms with van der Waals surface area (Å²) in [5, 5.41) is 9.83. The highest BCUT2D eigenvalue weighted by Crippen LogP contribution is 2.32. The maximum atomic E-state index is 5.81. The minimum Gasteiger partial charge on any atom is -0.481 e. The number of likely N-dealkylation sites (tertiary alicyclic amines) is 1. The lowest BCUT2D eigenvalue weighted by Gasteiger charge is -2.40. The fraction of sp³-hybridized carbons (Fsp3) is 0.577. The molecular weight excluding hydrogens is 428 g/mol. The molecule has 0 aliphatic carbocycles. The lowest BCUT2D eigenvalue weighted by Crippen LogP contribution is -2.44. The highest BCUT2D eigenvalue weighted by atomic mass is 16.5. The van der Waals surface area contributed by atoms with Crippen LogP contribution in [-0.2, 0) is 24.1 Å². The molecule has 182 valence electrons. The third-order valence-corrected chi connectivity index (χ3v) is 7.61. The van der Waals surface area contributed by atoms with Crippen molar-refractivity contribution in [3.8, 4) is 22.8 Å². The van der Waals surface area contributed by atoms with E-state index < -0.39 is 0 Å². The van der Waals surface area contributed by atoms with Gasteiger partial charge in [0.2, 0.25) is 5.88 Å². The molecule has 1 unspecified atom stereocenters. The summed E-state index contributed by atoms with van der Waals surface area (Å²) in [7, 11) is 3.89. The highest BCUT2D eigenvalue weighted by Gasteiger charge is 2.29. The van der Waals surface area contributed by atoms with Crippen LogP contribution in [-0.4, -0.2) is 68.9 Å². The van der Waals surface area contributed by atoms with Gasteiger partial charge in [0.1, 0.15) is 0 Å². The van der Waals surface area contributed by atoms with Crippen LogP contribution in [0.3, 0.4) is 0 Å². The number of pyridine rings is 1. The van der Waals surface area contributed by atoms with Gasteiger partial charge in [-0.1, -0.05) is 0 Å². The molecule has 0 bridgehead atoms. The Hall–Kier alpha value is -2.71. The van der Waals surface area contributed by atoms with Crippen LogP contribution in [0.5, 0.6) is 5.88 Å². The van der Waals surface area contributed by atoms with E-state index in [-0.39, 0.29) is 0 Å². The van der Waals surface area contributed by atoms with E-state index in [9.17, 15) is 0 Å². The zero-order valence-electron chi connectivity index (χ0n) is 21.0. The van der Waals surface area contributed by atoms with E-state index in [1.54, 1.807) is 7.11 Å². The summed E-state index contributed by atoms with van der Waals surface area (Å²) in [5.41, 5.74) is 6.47. The van der Waals surface area contributed by atoms with E-state index >= 15 is 0 Å². The summed E-state index contributed by atoms with van der Waals surface area (Å²) in [6.45, 7) is 9.04. The molecule has 0 amide bonds. The standard InChI is InChI=1S/C26H36N6O2/c1-17-10-22(14-27-26(17)33-5)32-24-7-9-34-8-6-23(24)25(29-32)21-13-28-31(16-21)15-20-11-18(2)30(4)19(3)12-20/h10,13-14,16,18-20H,6-9,11-12,15H2,1-5H3/t18-,19+,20?. The Morgan fingerprint density at radius 1 is 1.12 bits per heavy atom. The van der Waals surface area contributed by atoms with Crippen molar-refractivity contribution in [1.82, 2.24) is 29.4 Å². The Bertz CT molecular complexity index is 1140.